The van der Waals surface area contributed by atoms with Gasteiger partial charge in [0.25, 0.3) is 0 Å². The monoisotopic (exact) mass is 529 g/mol. The molecule has 0 spiro atoms. The van der Waals surface area contributed by atoms with Crippen molar-refractivity contribution < 1.29 is 37.9 Å². The number of aromatic hydroxyl groups is 1. The first-order valence-corrected chi connectivity index (χ1v) is 13.7. The maximum Gasteiger partial charge on any atom is 0.475 e. The Morgan fingerprint density at radius 2 is 1.39 bits per heavy atom. The molecule has 9 nitrogen and oxygen atoms in total. The van der Waals surface area contributed by atoms with E-state index in [0.29, 0.717) is 6.42 Å². The van der Waals surface area contributed by atoms with Crippen LogP contribution in [-0.4, -0.2) is 46.9 Å². The largest absolute Gasteiger partial charge is 0.507 e. The first-order chi connectivity index (χ1) is 16.2. The molecule has 206 valence electrons. The van der Waals surface area contributed by atoms with Crippen LogP contribution in [0.3, 0.4) is 0 Å². The zero-order chi connectivity index (χ0) is 28.1. The van der Waals surface area contributed by atoms with Gasteiger partial charge in [-0.15, -0.1) is 0 Å². The van der Waals surface area contributed by atoms with Gasteiger partial charge >= 0.3 is 13.8 Å². The lowest BCUT2D eigenvalue weighted by atomic mass is 9.78. The maximum absolute atomic E-state index is 12.8. The van der Waals surface area contributed by atoms with Crippen molar-refractivity contribution in [3.05, 3.63) is 28.8 Å². The Bertz CT molecular complexity index is 911. The molecule has 3 N–H and O–H groups in total. The van der Waals surface area contributed by atoms with E-state index in [9.17, 15) is 24.4 Å². The third-order valence-corrected chi connectivity index (χ3v) is 6.96. The van der Waals surface area contributed by atoms with Gasteiger partial charge in [-0.3, -0.25) is 18.4 Å². The number of phenolic OH excluding ortho intramolecular Hbond substituents is 1. The SMILES string of the molecule is CC(C)OP(=O)(OC[C@H](NC(=O)CCc1cc(C(C)(C)C)c(O)c(C(C)(C)C)c1)C(=O)O)OC(C)C. The summed E-state index contributed by atoms with van der Waals surface area (Å²) in [6.45, 7) is 18.1. The Balaban J connectivity index is 2.98. The van der Waals surface area contributed by atoms with Gasteiger partial charge in [-0.25, -0.2) is 9.36 Å². The smallest absolute Gasteiger partial charge is 0.475 e. The van der Waals surface area contributed by atoms with Crippen LogP contribution in [0.15, 0.2) is 12.1 Å². The van der Waals surface area contributed by atoms with Crippen LogP contribution in [0.5, 0.6) is 5.75 Å². The first kappa shape index (κ1) is 32.1. The fraction of sp³-hybridized carbons (Fsp3) is 0.692. The van der Waals surface area contributed by atoms with E-state index in [4.69, 9.17) is 13.6 Å². The molecule has 0 aliphatic rings. The molecule has 0 aliphatic heterocycles. The highest BCUT2D eigenvalue weighted by Gasteiger charge is 2.33. The Morgan fingerprint density at radius 1 is 0.944 bits per heavy atom. The van der Waals surface area contributed by atoms with Crippen molar-refractivity contribution in [2.24, 2.45) is 0 Å². The molecular weight excluding hydrogens is 485 g/mol. The normalized spacial score (nSPS) is 13.8. The van der Waals surface area contributed by atoms with Crippen LogP contribution in [-0.2, 0) is 45.0 Å². The van der Waals surface area contributed by atoms with Crippen molar-refractivity contribution >= 4 is 19.7 Å². The Hall–Kier alpha value is -1.93. The molecule has 0 aromatic heterocycles. The van der Waals surface area contributed by atoms with Gasteiger partial charge in [-0.05, 0) is 61.6 Å². The molecule has 0 radical (unpaired) electrons. The van der Waals surface area contributed by atoms with Crippen molar-refractivity contribution in [3.8, 4) is 5.75 Å². The molecule has 10 heteroatoms. The fourth-order valence-electron chi connectivity index (χ4n) is 3.45. The number of phosphoric acid groups is 1. The highest BCUT2D eigenvalue weighted by atomic mass is 31.2. The second-order valence-electron chi connectivity index (χ2n) is 11.5. The first-order valence-electron chi connectivity index (χ1n) is 12.3. The minimum absolute atomic E-state index is 0.0182. The number of carbonyl (C=O) groups excluding carboxylic acids is 1. The number of nitrogens with one attached hydrogen (secondary N) is 1. The number of carbonyl (C=O) groups is 2. The van der Waals surface area contributed by atoms with Crippen molar-refractivity contribution in [1.82, 2.24) is 5.32 Å². The molecule has 0 unspecified atom stereocenters. The second kappa shape index (κ2) is 12.5. The third-order valence-electron chi connectivity index (χ3n) is 5.14. The van der Waals surface area contributed by atoms with Gasteiger partial charge in [0.05, 0.1) is 18.8 Å². The van der Waals surface area contributed by atoms with Crippen molar-refractivity contribution in [3.63, 3.8) is 0 Å². The summed E-state index contributed by atoms with van der Waals surface area (Å²) < 4.78 is 28.6. The molecular formula is C26H44NO8P. The number of phenols is 1. The molecule has 0 saturated carbocycles. The summed E-state index contributed by atoms with van der Waals surface area (Å²) in [5.41, 5.74) is 1.82. The number of aryl methyl sites for hydroxylation is 1. The van der Waals surface area contributed by atoms with E-state index in [1.165, 1.54) is 0 Å². The molecule has 0 fully saturated rings. The number of hydrogen-bond donors (Lipinski definition) is 3. The minimum atomic E-state index is -4.02. The van der Waals surface area contributed by atoms with Crippen molar-refractivity contribution in [2.45, 2.75) is 111 Å². The van der Waals surface area contributed by atoms with Crippen LogP contribution in [0.4, 0.5) is 0 Å². The fourth-order valence-corrected chi connectivity index (χ4v) is 4.98. The van der Waals surface area contributed by atoms with E-state index >= 15 is 0 Å². The van der Waals surface area contributed by atoms with E-state index in [1.54, 1.807) is 27.7 Å². The quantitative estimate of drug-likeness (QED) is 0.304. The summed E-state index contributed by atoms with van der Waals surface area (Å²) in [5, 5.41) is 22.9. The highest BCUT2D eigenvalue weighted by molar-refractivity contribution is 7.48. The number of phosphoric ester groups is 1. The van der Waals surface area contributed by atoms with Crippen LogP contribution in [0.2, 0.25) is 0 Å². The molecule has 1 aromatic carbocycles. The van der Waals surface area contributed by atoms with E-state index in [0.717, 1.165) is 16.7 Å². The number of carboxylic acids is 1. The van der Waals surface area contributed by atoms with Gasteiger partial charge in [0.15, 0.2) is 6.04 Å². The standard InChI is InChI=1S/C26H44NO8P/c1-16(2)34-36(32,35-17(3)4)33-15-21(24(30)31)27-22(28)12-11-18-13-19(25(5,6)7)23(29)20(14-18)26(8,9)10/h13-14,16-17,21,29H,11-12,15H2,1-10H3,(H,27,28)(H,30,31)/t21-/m0/s1. The summed E-state index contributed by atoms with van der Waals surface area (Å²) >= 11 is 0. The molecule has 1 amide bonds. The van der Waals surface area contributed by atoms with Crippen LogP contribution in [0, 0.1) is 0 Å². The second-order valence-corrected chi connectivity index (χ2v) is 13.1. The average molecular weight is 530 g/mol. The molecule has 0 saturated heterocycles. The van der Waals surface area contributed by atoms with Crippen LogP contribution < -0.4 is 5.32 Å². The van der Waals surface area contributed by atoms with Crippen molar-refractivity contribution in [1.29, 1.82) is 0 Å². The number of carboxylic acid groups (broad SMARTS) is 1. The average Bonchev–Trinajstić information content (AvgIpc) is 2.66. The lowest BCUT2D eigenvalue weighted by molar-refractivity contribution is -0.142. The number of amides is 1. The van der Waals surface area contributed by atoms with Crippen LogP contribution in [0.1, 0.15) is 92.3 Å². The van der Waals surface area contributed by atoms with Crippen LogP contribution >= 0.6 is 7.82 Å². The van der Waals surface area contributed by atoms with Crippen molar-refractivity contribution in [2.75, 3.05) is 6.61 Å². The van der Waals surface area contributed by atoms with E-state index in [2.05, 4.69) is 5.32 Å². The zero-order valence-corrected chi connectivity index (χ0v) is 24.2. The predicted octanol–water partition coefficient (Wildman–Crippen LogP) is 5.46. The molecule has 0 heterocycles. The molecule has 36 heavy (non-hydrogen) atoms. The maximum atomic E-state index is 12.8. The molecule has 1 aromatic rings. The third kappa shape index (κ3) is 10.2. The number of benzene rings is 1. The summed E-state index contributed by atoms with van der Waals surface area (Å²) in [6, 6.07) is 2.34. The van der Waals surface area contributed by atoms with E-state index in [-0.39, 0.29) is 23.0 Å². The predicted molar refractivity (Wildman–Crippen MR) is 139 cm³/mol. The zero-order valence-electron chi connectivity index (χ0n) is 23.3. The topological polar surface area (TPSA) is 131 Å². The molecule has 0 aliphatic carbocycles. The molecule has 1 atom stereocenters. The summed E-state index contributed by atoms with van der Waals surface area (Å²) in [5.74, 6) is -1.58. The van der Waals surface area contributed by atoms with Gasteiger partial charge in [0, 0.05) is 6.42 Å². The molecule has 0 bridgehead atoms. The van der Waals surface area contributed by atoms with Gasteiger partial charge in [0.2, 0.25) is 5.91 Å². The lowest BCUT2D eigenvalue weighted by Crippen LogP contribution is -2.44. The number of rotatable bonds is 12. The van der Waals surface area contributed by atoms with Gasteiger partial charge in [0.1, 0.15) is 5.75 Å². The number of hydrogen-bond acceptors (Lipinski definition) is 7. The Morgan fingerprint density at radius 3 is 1.75 bits per heavy atom. The summed E-state index contributed by atoms with van der Waals surface area (Å²) in [4.78, 5) is 24.4. The van der Waals surface area contributed by atoms with Crippen LogP contribution in [0.25, 0.3) is 0 Å². The highest BCUT2D eigenvalue weighted by Crippen LogP contribution is 2.51. The van der Waals surface area contributed by atoms with E-state index < -0.39 is 44.6 Å². The Labute approximate surface area is 215 Å². The summed E-state index contributed by atoms with van der Waals surface area (Å²) in [7, 11) is -4.02. The van der Waals surface area contributed by atoms with E-state index in [1.807, 2.05) is 53.7 Å². The summed E-state index contributed by atoms with van der Waals surface area (Å²) in [6.07, 6.45) is -0.594. The Kier molecular flexibility index (Phi) is 11.2. The van der Waals surface area contributed by atoms with Gasteiger partial charge < -0.3 is 15.5 Å². The number of aliphatic carboxylic acids is 1. The van der Waals surface area contributed by atoms with Gasteiger partial charge in [-0.2, -0.15) is 0 Å². The molecule has 1 rings (SSSR count). The van der Waals surface area contributed by atoms with Gasteiger partial charge in [-0.1, -0.05) is 53.7 Å². The minimum Gasteiger partial charge on any atom is -0.507 e. The lowest BCUT2D eigenvalue weighted by Gasteiger charge is -2.28.